The third-order valence-corrected chi connectivity index (χ3v) is 6.28. The molecule has 4 rings (SSSR count). The van der Waals surface area contributed by atoms with Crippen LogP contribution in [0.3, 0.4) is 0 Å². The van der Waals surface area contributed by atoms with Crippen LogP contribution in [0.2, 0.25) is 0 Å². The number of thiophene rings is 1. The predicted molar refractivity (Wildman–Crippen MR) is 119 cm³/mol. The summed E-state index contributed by atoms with van der Waals surface area (Å²) in [7, 11) is 1.68. The van der Waals surface area contributed by atoms with Gasteiger partial charge in [-0.1, -0.05) is 0 Å². The molecule has 164 valence electrons. The average Bonchev–Trinajstić information content (AvgIpc) is 3.39. The first-order chi connectivity index (χ1) is 15.1. The van der Waals surface area contributed by atoms with E-state index in [2.05, 4.69) is 4.99 Å². The molecule has 1 aliphatic carbocycles. The minimum Gasteiger partial charge on any atom is -0.488 e. The minimum atomic E-state index is -0.373. The van der Waals surface area contributed by atoms with E-state index in [0.717, 1.165) is 22.3 Å². The summed E-state index contributed by atoms with van der Waals surface area (Å²) in [5.74, 6) is 0.302. The van der Waals surface area contributed by atoms with Crippen molar-refractivity contribution in [3.05, 3.63) is 57.3 Å². The molecule has 1 aromatic heterocycles. The van der Waals surface area contributed by atoms with Gasteiger partial charge in [-0.25, -0.2) is 10.0 Å². The first-order valence-corrected chi connectivity index (χ1v) is 11.4. The van der Waals surface area contributed by atoms with Crippen molar-refractivity contribution >= 4 is 28.6 Å². The SMILES string of the molecule is CCOC(=O)C1=C(c2ccsc2)c2ccc(OCC[N+]3(O)CCOCC3)cc2C1=NC. The number of carbonyl (C=O) groups excluding carboxylic acids is 1. The maximum atomic E-state index is 12.8. The number of fused-ring (bicyclic) bond motifs is 1. The monoisotopic (exact) mass is 443 g/mol. The van der Waals surface area contributed by atoms with Crippen LogP contribution in [0.15, 0.2) is 45.6 Å². The fraction of sp³-hybridized carbons (Fsp3) is 0.391. The number of aliphatic imine (C=N–C) groups is 1. The number of hydroxylamine groups is 3. The number of hydrogen-bond donors (Lipinski definition) is 1. The Labute approximate surface area is 185 Å². The van der Waals surface area contributed by atoms with Crippen LogP contribution in [0.5, 0.6) is 5.75 Å². The standard InChI is InChI=1S/C23H27N2O5S/c1-3-29-23(26)21-20(16-6-13-31-15-16)18-5-4-17(14-19(18)22(21)24-2)30-12-9-25(27)7-10-28-11-8-25/h4-6,13-15,27H,3,7-12H2,1-2H3/q+1. The van der Waals surface area contributed by atoms with Gasteiger partial charge in [-0.3, -0.25) is 4.99 Å². The Balaban J connectivity index is 1.60. The Bertz CT molecular complexity index is 1010. The van der Waals surface area contributed by atoms with Crippen molar-refractivity contribution in [1.82, 2.24) is 0 Å². The quantitative estimate of drug-likeness (QED) is 0.525. The largest absolute Gasteiger partial charge is 0.488 e. The van der Waals surface area contributed by atoms with Crippen molar-refractivity contribution in [2.24, 2.45) is 4.99 Å². The lowest BCUT2D eigenvalue weighted by Gasteiger charge is -2.33. The molecule has 0 unspecified atom stereocenters. The molecule has 2 aromatic rings. The normalized spacial score (nSPS) is 18.9. The van der Waals surface area contributed by atoms with Gasteiger partial charge in [-0.05, 0) is 53.1 Å². The molecule has 0 atom stereocenters. The second kappa shape index (κ2) is 9.32. The molecular weight excluding hydrogens is 416 g/mol. The third kappa shape index (κ3) is 4.43. The van der Waals surface area contributed by atoms with Crippen molar-refractivity contribution in [2.45, 2.75) is 6.92 Å². The number of ether oxygens (including phenoxy) is 3. The molecule has 0 spiro atoms. The van der Waals surface area contributed by atoms with Gasteiger partial charge in [0.2, 0.25) is 0 Å². The van der Waals surface area contributed by atoms with E-state index in [-0.39, 0.29) is 10.6 Å². The van der Waals surface area contributed by atoms with Crippen LogP contribution in [0.1, 0.15) is 23.6 Å². The first-order valence-electron chi connectivity index (χ1n) is 10.4. The molecule has 1 saturated heterocycles. The van der Waals surface area contributed by atoms with Crippen LogP contribution in [0.25, 0.3) is 5.57 Å². The van der Waals surface area contributed by atoms with Crippen molar-refractivity contribution in [3.63, 3.8) is 0 Å². The second-order valence-corrected chi connectivity index (χ2v) is 8.27. The van der Waals surface area contributed by atoms with Crippen molar-refractivity contribution in [2.75, 3.05) is 53.1 Å². The van der Waals surface area contributed by atoms with E-state index >= 15 is 0 Å². The number of carbonyl (C=O) groups is 1. The van der Waals surface area contributed by atoms with Crippen molar-refractivity contribution < 1.29 is 28.9 Å². The molecule has 0 saturated carbocycles. The summed E-state index contributed by atoms with van der Waals surface area (Å²) in [6, 6.07) is 7.77. The molecule has 8 heteroatoms. The summed E-state index contributed by atoms with van der Waals surface area (Å²) in [5, 5.41) is 14.6. The summed E-state index contributed by atoms with van der Waals surface area (Å²) in [5.41, 5.74) is 4.70. The lowest BCUT2D eigenvalue weighted by atomic mass is 10.00. The van der Waals surface area contributed by atoms with E-state index in [1.165, 1.54) is 0 Å². The first kappa shape index (κ1) is 21.7. The van der Waals surface area contributed by atoms with Crippen LogP contribution >= 0.6 is 11.3 Å². The second-order valence-electron chi connectivity index (χ2n) is 7.49. The zero-order valence-electron chi connectivity index (χ0n) is 17.8. The highest BCUT2D eigenvalue weighted by Gasteiger charge is 2.34. The van der Waals surface area contributed by atoms with E-state index < -0.39 is 0 Å². The number of hydrogen-bond acceptors (Lipinski definition) is 7. The van der Waals surface area contributed by atoms with Gasteiger partial charge in [0.05, 0.1) is 31.1 Å². The number of benzene rings is 1. The summed E-state index contributed by atoms with van der Waals surface area (Å²) < 4.78 is 16.6. The number of esters is 1. The van der Waals surface area contributed by atoms with Crippen molar-refractivity contribution in [1.29, 1.82) is 0 Å². The Morgan fingerprint density at radius 1 is 1.26 bits per heavy atom. The van der Waals surface area contributed by atoms with Crippen molar-refractivity contribution in [3.8, 4) is 5.75 Å². The molecule has 2 aliphatic rings. The molecule has 0 amide bonds. The van der Waals surface area contributed by atoms with Gasteiger partial charge in [0.15, 0.2) is 0 Å². The molecule has 1 aromatic carbocycles. The summed E-state index contributed by atoms with van der Waals surface area (Å²) in [6.45, 7) is 5.20. The highest BCUT2D eigenvalue weighted by Crippen LogP contribution is 2.40. The maximum Gasteiger partial charge on any atom is 0.340 e. The van der Waals surface area contributed by atoms with Crippen LogP contribution in [-0.4, -0.2) is 74.6 Å². The fourth-order valence-corrected chi connectivity index (χ4v) is 4.64. The Hall–Kier alpha value is -2.52. The molecule has 0 radical (unpaired) electrons. The number of nitrogens with zero attached hydrogens (tertiary/aromatic N) is 2. The molecule has 7 nitrogen and oxygen atoms in total. The lowest BCUT2D eigenvalue weighted by Crippen LogP contribution is -2.54. The van der Waals surface area contributed by atoms with Crippen LogP contribution in [0, 0.1) is 0 Å². The topological polar surface area (TPSA) is 77.4 Å². The number of quaternary nitrogens is 1. The van der Waals surface area contributed by atoms with Crippen LogP contribution < -0.4 is 4.74 Å². The van der Waals surface area contributed by atoms with Gasteiger partial charge in [0.25, 0.3) is 0 Å². The van der Waals surface area contributed by atoms with E-state index in [0.29, 0.717) is 63.1 Å². The van der Waals surface area contributed by atoms with Gasteiger partial charge < -0.3 is 14.2 Å². The molecule has 1 fully saturated rings. The van der Waals surface area contributed by atoms with E-state index in [1.54, 1.807) is 25.3 Å². The van der Waals surface area contributed by atoms with E-state index in [1.807, 2.05) is 35.0 Å². The van der Waals surface area contributed by atoms with E-state index in [9.17, 15) is 10.0 Å². The lowest BCUT2D eigenvalue weighted by molar-refractivity contribution is -1.11. The van der Waals surface area contributed by atoms with Gasteiger partial charge in [0, 0.05) is 18.2 Å². The van der Waals surface area contributed by atoms with Crippen LogP contribution in [0.4, 0.5) is 0 Å². The van der Waals surface area contributed by atoms with Gasteiger partial charge in [-0.2, -0.15) is 16.0 Å². The minimum absolute atomic E-state index is 0.0382. The number of morpholine rings is 1. The Morgan fingerprint density at radius 2 is 2.06 bits per heavy atom. The van der Waals surface area contributed by atoms with E-state index in [4.69, 9.17) is 14.2 Å². The molecular formula is C23H27N2O5S+. The zero-order chi connectivity index (χ0) is 21.8. The summed E-state index contributed by atoms with van der Waals surface area (Å²) >= 11 is 1.58. The molecule has 31 heavy (non-hydrogen) atoms. The molecule has 1 N–H and O–H groups in total. The number of rotatable bonds is 7. The Morgan fingerprint density at radius 3 is 2.74 bits per heavy atom. The third-order valence-electron chi connectivity index (χ3n) is 5.60. The predicted octanol–water partition coefficient (Wildman–Crippen LogP) is 3.16. The smallest absolute Gasteiger partial charge is 0.340 e. The average molecular weight is 444 g/mol. The van der Waals surface area contributed by atoms with Gasteiger partial charge in [-0.15, -0.1) is 0 Å². The summed E-state index contributed by atoms with van der Waals surface area (Å²) in [6.07, 6.45) is 0. The molecule has 1 aliphatic heterocycles. The molecule has 2 heterocycles. The highest BCUT2D eigenvalue weighted by molar-refractivity contribution is 7.08. The fourth-order valence-electron chi connectivity index (χ4n) is 4.00. The highest BCUT2D eigenvalue weighted by atomic mass is 32.1. The van der Waals surface area contributed by atoms with Crippen LogP contribution in [-0.2, 0) is 14.3 Å². The molecule has 0 bridgehead atoms. The summed E-state index contributed by atoms with van der Waals surface area (Å²) in [4.78, 5) is 17.3. The maximum absolute atomic E-state index is 12.8. The zero-order valence-corrected chi connectivity index (χ0v) is 18.6. The van der Waals surface area contributed by atoms with Gasteiger partial charge >= 0.3 is 5.97 Å². The van der Waals surface area contributed by atoms with Gasteiger partial charge in [0.1, 0.15) is 32.0 Å². The Kier molecular flexibility index (Phi) is 6.52.